The van der Waals surface area contributed by atoms with E-state index in [0.717, 1.165) is 5.56 Å². The summed E-state index contributed by atoms with van der Waals surface area (Å²) in [7, 11) is 2.84. The number of fused-ring (bicyclic) bond motifs is 1. The van der Waals surface area contributed by atoms with Crippen LogP contribution in [-0.4, -0.2) is 60.8 Å². The van der Waals surface area contributed by atoms with Crippen LogP contribution in [-0.2, 0) is 27.9 Å². The zero-order chi connectivity index (χ0) is 27.5. The van der Waals surface area contributed by atoms with Crippen molar-refractivity contribution in [3.8, 4) is 11.5 Å². The molecule has 0 saturated carbocycles. The molecule has 0 aromatic heterocycles. The van der Waals surface area contributed by atoms with E-state index in [4.69, 9.17) is 14.9 Å². The average Bonchev–Trinajstić information content (AvgIpc) is 3.15. The second-order valence-corrected chi connectivity index (χ2v) is 10.0. The molecule has 0 radical (unpaired) electrons. The van der Waals surface area contributed by atoms with E-state index in [-0.39, 0.29) is 42.7 Å². The number of phenols is 1. The Balaban J connectivity index is 1.91. The smallest absolute Gasteiger partial charge is 0.305 e. The number of amides is 1. The van der Waals surface area contributed by atoms with E-state index < -0.39 is 11.4 Å². The number of amidine groups is 1. The molecule has 2 aromatic carbocycles. The molecule has 37 heavy (non-hydrogen) atoms. The van der Waals surface area contributed by atoms with Gasteiger partial charge in [-0.15, -0.1) is 0 Å². The van der Waals surface area contributed by atoms with Crippen molar-refractivity contribution >= 4 is 23.5 Å². The number of ether oxygens (including phenoxy) is 2. The van der Waals surface area contributed by atoms with E-state index in [1.165, 1.54) is 14.2 Å². The zero-order valence-corrected chi connectivity index (χ0v) is 22.3. The summed E-state index contributed by atoms with van der Waals surface area (Å²) in [6.07, 6.45) is 0.309. The number of aromatic hydroxyl groups is 1. The van der Waals surface area contributed by atoms with Crippen molar-refractivity contribution in [1.82, 2.24) is 10.2 Å². The molecule has 9 nitrogen and oxygen atoms in total. The lowest BCUT2D eigenvalue weighted by Crippen LogP contribution is -2.30. The molecule has 9 heteroatoms. The summed E-state index contributed by atoms with van der Waals surface area (Å²) in [6.45, 7) is 8.30. The number of hydrogen-bond donors (Lipinski definition) is 3. The monoisotopic (exact) mass is 509 g/mol. The molecule has 2 aromatic rings. The Morgan fingerprint density at radius 3 is 2.46 bits per heavy atom. The van der Waals surface area contributed by atoms with Crippen LogP contribution in [0.1, 0.15) is 77.1 Å². The highest BCUT2D eigenvalue weighted by atomic mass is 16.5. The van der Waals surface area contributed by atoms with Gasteiger partial charge in [-0.3, -0.25) is 19.8 Å². The Morgan fingerprint density at radius 2 is 1.86 bits per heavy atom. The van der Waals surface area contributed by atoms with E-state index in [1.54, 1.807) is 29.2 Å². The van der Waals surface area contributed by atoms with Gasteiger partial charge in [-0.1, -0.05) is 20.8 Å². The van der Waals surface area contributed by atoms with Crippen LogP contribution < -0.4 is 10.1 Å². The van der Waals surface area contributed by atoms with Gasteiger partial charge in [0.2, 0.25) is 0 Å². The summed E-state index contributed by atoms with van der Waals surface area (Å²) in [5.41, 5.74) is 2.77. The maximum absolute atomic E-state index is 13.4. The Kier molecular flexibility index (Phi) is 8.25. The van der Waals surface area contributed by atoms with Crippen molar-refractivity contribution < 1.29 is 29.0 Å². The van der Waals surface area contributed by atoms with Gasteiger partial charge in [0.1, 0.15) is 17.3 Å². The Labute approximate surface area is 217 Å². The van der Waals surface area contributed by atoms with Crippen molar-refractivity contribution in [2.45, 2.75) is 52.5 Å². The number of nitrogens with one attached hydrogen (secondary N) is 2. The lowest BCUT2D eigenvalue weighted by Gasteiger charge is -2.24. The molecule has 3 N–H and O–H groups in total. The molecule has 3 rings (SSSR count). The molecular formula is C28H35N3O6. The number of carbonyl (C=O) groups excluding carboxylic acids is 3. The molecule has 1 aliphatic rings. The SMILES string of the molecule is CCOc1cc2c(cc1C(=O)NC)C(=N)N(CC(=O)c1cc(CCC(=O)OC)c(O)c(C(C)(C)C)c1)C2. The number of nitrogens with zero attached hydrogens (tertiary/aromatic N) is 1. The van der Waals surface area contributed by atoms with Crippen molar-refractivity contribution in [1.29, 1.82) is 5.41 Å². The van der Waals surface area contributed by atoms with Gasteiger partial charge in [0.15, 0.2) is 5.78 Å². The largest absolute Gasteiger partial charge is 0.507 e. The van der Waals surface area contributed by atoms with Crippen LogP contribution in [0.2, 0.25) is 0 Å². The van der Waals surface area contributed by atoms with Crippen molar-refractivity contribution in [2.24, 2.45) is 0 Å². The summed E-state index contributed by atoms with van der Waals surface area (Å²) in [5.74, 6) is -0.285. The number of Topliss-reactive ketones (excluding diaryl/α,β-unsaturated/α-hetero) is 1. The van der Waals surface area contributed by atoms with E-state index in [2.05, 4.69) is 5.32 Å². The van der Waals surface area contributed by atoms with Crippen LogP contribution in [0.5, 0.6) is 11.5 Å². The lowest BCUT2D eigenvalue weighted by molar-refractivity contribution is -0.140. The third kappa shape index (κ3) is 5.93. The third-order valence-corrected chi connectivity index (χ3v) is 6.39. The third-order valence-electron chi connectivity index (χ3n) is 6.39. The zero-order valence-electron chi connectivity index (χ0n) is 22.3. The van der Waals surface area contributed by atoms with E-state index >= 15 is 0 Å². The van der Waals surface area contributed by atoms with Gasteiger partial charge in [-0.05, 0) is 54.2 Å². The lowest BCUT2D eigenvalue weighted by atomic mass is 9.83. The number of hydrogen-bond acceptors (Lipinski definition) is 7. The molecule has 0 fully saturated rings. The quantitative estimate of drug-likeness (QED) is 0.348. The first kappa shape index (κ1) is 27.7. The minimum absolute atomic E-state index is 0.0579. The van der Waals surface area contributed by atoms with Crippen LogP contribution >= 0.6 is 0 Å². The molecule has 1 aliphatic heterocycles. The van der Waals surface area contributed by atoms with Gasteiger partial charge >= 0.3 is 5.97 Å². The molecular weight excluding hydrogens is 474 g/mol. The number of ketones is 1. The van der Waals surface area contributed by atoms with Gasteiger partial charge < -0.3 is 24.8 Å². The summed E-state index contributed by atoms with van der Waals surface area (Å²) in [4.78, 5) is 39.1. The predicted molar refractivity (Wildman–Crippen MR) is 140 cm³/mol. The first-order valence-corrected chi connectivity index (χ1v) is 12.2. The Bertz CT molecular complexity index is 1250. The minimum atomic E-state index is -0.442. The fourth-order valence-electron chi connectivity index (χ4n) is 4.37. The van der Waals surface area contributed by atoms with E-state index in [9.17, 15) is 19.5 Å². The summed E-state index contributed by atoms with van der Waals surface area (Å²) in [5, 5.41) is 22.1. The average molecular weight is 510 g/mol. The topological polar surface area (TPSA) is 129 Å². The Hall–Kier alpha value is -3.88. The number of carbonyl (C=O) groups is 3. The number of rotatable bonds is 9. The van der Waals surface area contributed by atoms with Gasteiger partial charge in [0, 0.05) is 36.7 Å². The van der Waals surface area contributed by atoms with E-state index in [0.29, 0.717) is 46.7 Å². The standard InChI is InChI=1S/C28H35N3O6/c1-7-37-23-12-18-14-31(26(29)19(18)13-20(23)27(35)30-5)15-22(32)17-10-16(8-9-24(33)36-6)25(34)21(11-17)28(2,3)4/h10-13,29,34H,7-9,14-15H2,1-6H3,(H,30,35). The molecule has 0 saturated heterocycles. The van der Waals surface area contributed by atoms with Crippen molar-refractivity contribution in [2.75, 3.05) is 27.3 Å². The van der Waals surface area contributed by atoms with Crippen LogP contribution in [0, 0.1) is 5.41 Å². The molecule has 0 aliphatic carbocycles. The maximum Gasteiger partial charge on any atom is 0.305 e. The van der Waals surface area contributed by atoms with Crippen LogP contribution in [0.4, 0.5) is 0 Å². The Morgan fingerprint density at radius 1 is 1.16 bits per heavy atom. The summed E-state index contributed by atoms with van der Waals surface area (Å²) in [6, 6.07) is 6.68. The van der Waals surface area contributed by atoms with Crippen LogP contribution in [0.3, 0.4) is 0 Å². The fraction of sp³-hybridized carbons (Fsp3) is 0.429. The molecule has 0 atom stereocenters. The molecule has 0 bridgehead atoms. The second kappa shape index (κ2) is 11.0. The molecule has 0 unspecified atom stereocenters. The molecule has 0 spiro atoms. The summed E-state index contributed by atoms with van der Waals surface area (Å²) >= 11 is 0. The minimum Gasteiger partial charge on any atom is -0.507 e. The molecule has 198 valence electrons. The highest BCUT2D eigenvalue weighted by Gasteiger charge is 2.30. The highest BCUT2D eigenvalue weighted by molar-refractivity contribution is 6.07. The van der Waals surface area contributed by atoms with Gasteiger partial charge in [0.25, 0.3) is 5.91 Å². The van der Waals surface area contributed by atoms with Crippen molar-refractivity contribution in [3.05, 3.63) is 57.6 Å². The summed E-state index contributed by atoms with van der Waals surface area (Å²) < 4.78 is 10.4. The number of methoxy groups -OCH3 is 1. The first-order chi connectivity index (χ1) is 17.4. The molecule has 1 heterocycles. The molecule has 1 amide bonds. The number of phenolic OH excluding ortho intramolecular Hbond substituents is 1. The fourth-order valence-corrected chi connectivity index (χ4v) is 4.37. The van der Waals surface area contributed by atoms with Gasteiger partial charge in [0.05, 0.1) is 25.8 Å². The predicted octanol–water partition coefficient (Wildman–Crippen LogP) is 3.58. The first-order valence-electron chi connectivity index (χ1n) is 12.2. The van der Waals surface area contributed by atoms with Crippen molar-refractivity contribution in [3.63, 3.8) is 0 Å². The number of benzene rings is 2. The second-order valence-electron chi connectivity index (χ2n) is 10.0. The maximum atomic E-state index is 13.4. The number of esters is 1. The van der Waals surface area contributed by atoms with Crippen LogP contribution in [0.15, 0.2) is 24.3 Å². The highest BCUT2D eigenvalue weighted by Crippen LogP contribution is 2.36. The normalized spacial score (nSPS) is 12.8. The van der Waals surface area contributed by atoms with Crippen LogP contribution in [0.25, 0.3) is 0 Å². The van der Waals surface area contributed by atoms with Gasteiger partial charge in [-0.2, -0.15) is 0 Å². The van der Waals surface area contributed by atoms with E-state index in [1.807, 2.05) is 27.7 Å². The number of aryl methyl sites for hydroxylation is 1. The van der Waals surface area contributed by atoms with Gasteiger partial charge in [-0.25, -0.2) is 0 Å².